The maximum Gasteiger partial charge on any atom is 0.403 e. The van der Waals surface area contributed by atoms with Crippen LogP contribution < -0.4 is 21.3 Å². The van der Waals surface area contributed by atoms with E-state index in [0.717, 1.165) is 16.0 Å². The zero-order valence-electron chi connectivity index (χ0n) is 39.6. The summed E-state index contributed by atoms with van der Waals surface area (Å²) in [5.74, 6) is -6.08. The number of alkyl halides is 4. The van der Waals surface area contributed by atoms with Gasteiger partial charge in [0.2, 0.25) is 41.4 Å². The summed E-state index contributed by atoms with van der Waals surface area (Å²) in [5, 5.41) is 21.7. The van der Waals surface area contributed by atoms with Gasteiger partial charge < -0.3 is 41.1 Å². The van der Waals surface area contributed by atoms with Gasteiger partial charge in [0, 0.05) is 38.5 Å². The summed E-state index contributed by atoms with van der Waals surface area (Å²) in [6.07, 6.45) is -3.37. The Morgan fingerprint density at radius 2 is 1.72 bits per heavy atom. The summed E-state index contributed by atoms with van der Waals surface area (Å²) in [6, 6.07) is -1.25. The van der Waals surface area contributed by atoms with E-state index in [1.807, 2.05) is 26.0 Å². The van der Waals surface area contributed by atoms with Crippen molar-refractivity contribution >= 4 is 58.5 Å². The van der Waals surface area contributed by atoms with E-state index in [1.165, 1.54) is 19.0 Å². The molecule has 6 rings (SSSR count). The molecule has 1 aromatic carbocycles. The molecule has 376 valence electrons. The van der Waals surface area contributed by atoms with Crippen molar-refractivity contribution in [3.63, 3.8) is 0 Å². The minimum Gasteiger partial charge on any atom is -0.393 e. The Morgan fingerprint density at radius 1 is 1.03 bits per heavy atom. The maximum atomic E-state index is 14.8. The van der Waals surface area contributed by atoms with Crippen LogP contribution in [0.15, 0.2) is 24.3 Å². The smallest absolute Gasteiger partial charge is 0.393 e. The number of carbonyl (C=O) groups is 7. The Hall–Kier alpha value is -4.78. The normalized spacial score (nSPS) is 27.7. The SMILES string of the molecule is CC(C)C[C@@H]1NC(=O)[C@@H](N(C)C(=O)[C@@H](NC(=O)[C@@H]2C[C@@H](F)CN2C(=O)C2(C(F)(F)F)CC2)C2CC2)CCCCNC(=O)C(C)(C)NC(=O)[C@H](Cc2cc(Cl)ccc2C2=CCC(O)CC2)N(C)C1=O. The van der Waals surface area contributed by atoms with Crippen LogP contribution in [0, 0.1) is 17.3 Å². The number of hydrogen-bond donors (Lipinski definition) is 5. The molecule has 1 aromatic rings. The number of carbonyl (C=O) groups excluding carboxylic acids is 7. The van der Waals surface area contributed by atoms with Crippen LogP contribution in [0.5, 0.6) is 0 Å². The highest BCUT2D eigenvalue weighted by Crippen LogP contribution is 2.59. The molecule has 2 heterocycles. The quantitative estimate of drug-likeness (QED) is 0.202. The lowest BCUT2D eigenvalue weighted by molar-refractivity contribution is -0.199. The van der Waals surface area contributed by atoms with E-state index in [4.69, 9.17) is 11.6 Å². The van der Waals surface area contributed by atoms with E-state index in [1.54, 1.807) is 26.0 Å². The van der Waals surface area contributed by atoms with Crippen molar-refractivity contribution in [2.75, 3.05) is 27.2 Å². The Morgan fingerprint density at radius 3 is 2.32 bits per heavy atom. The molecule has 0 bridgehead atoms. The van der Waals surface area contributed by atoms with Crippen LogP contribution in [0.2, 0.25) is 5.02 Å². The Bertz CT molecular complexity index is 2150. The molecule has 20 heteroatoms. The highest BCUT2D eigenvalue weighted by Gasteiger charge is 2.70. The van der Waals surface area contributed by atoms with Gasteiger partial charge in [-0.1, -0.05) is 37.6 Å². The van der Waals surface area contributed by atoms with Gasteiger partial charge in [-0.3, -0.25) is 33.6 Å². The number of likely N-dealkylation sites (N-methyl/N-ethyl adjacent to an activating group) is 2. The largest absolute Gasteiger partial charge is 0.403 e. The van der Waals surface area contributed by atoms with Crippen molar-refractivity contribution < 1.29 is 56.2 Å². The molecule has 3 aliphatic carbocycles. The number of allylic oxidation sites excluding steroid dienone is 1. The number of aliphatic hydroxyl groups is 1. The number of halogens is 5. The van der Waals surface area contributed by atoms with E-state index in [2.05, 4.69) is 21.3 Å². The van der Waals surface area contributed by atoms with Crippen molar-refractivity contribution in [2.45, 2.75) is 165 Å². The molecule has 7 amide bonds. The first-order chi connectivity index (χ1) is 31.8. The summed E-state index contributed by atoms with van der Waals surface area (Å²) in [4.78, 5) is 102. The highest BCUT2D eigenvalue weighted by molar-refractivity contribution is 6.30. The second kappa shape index (κ2) is 21.1. The molecule has 5 aliphatic rings. The fourth-order valence-electron chi connectivity index (χ4n) is 9.63. The minimum atomic E-state index is -4.88. The van der Waals surface area contributed by atoms with E-state index in [9.17, 15) is 56.2 Å². The van der Waals surface area contributed by atoms with Crippen LogP contribution in [0.3, 0.4) is 0 Å². The summed E-state index contributed by atoms with van der Waals surface area (Å²) in [5.41, 5.74) is -1.74. The fraction of sp³-hybridized carbons (Fsp3) is 0.688. The average Bonchev–Trinajstić information content (AvgIpc) is 4.21. The van der Waals surface area contributed by atoms with Crippen LogP contribution in [0.25, 0.3) is 5.57 Å². The molecular formula is C48H66ClF4N7O8. The lowest BCUT2D eigenvalue weighted by Crippen LogP contribution is -2.62. The predicted molar refractivity (Wildman–Crippen MR) is 244 cm³/mol. The van der Waals surface area contributed by atoms with Gasteiger partial charge in [0.1, 0.15) is 47.3 Å². The monoisotopic (exact) mass is 979 g/mol. The molecule has 0 radical (unpaired) electrons. The zero-order chi connectivity index (χ0) is 50.0. The van der Waals surface area contributed by atoms with E-state index >= 15 is 0 Å². The lowest BCUT2D eigenvalue weighted by atomic mass is 9.87. The first kappa shape index (κ1) is 52.6. The number of hydrogen-bond acceptors (Lipinski definition) is 8. The third-order valence-corrected chi connectivity index (χ3v) is 14.4. The second-order valence-corrected chi connectivity index (χ2v) is 20.8. The number of nitrogens with zero attached hydrogens (tertiary/aromatic N) is 3. The van der Waals surface area contributed by atoms with Crippen molar-refractivity contribution in [2.24, 2.45) is 17.3 Å². The van der Waals surface area contributed by atoms with Crippen LogP contribution in [0.4, 0.5) is 17.6 Å². The summed E-state index contributed by atoms with van der Waals surface area (Å²) in [6.45, 7) is 6.24. The number of nitrogens with one attached hydrogen (secondary N) is 4. The molecule has 4 fully saturated rings. The molecule has 7 atom stereocenters. The van der Waals surface area contributed by atoms with Crippen LogP contribution >= 0.6 is 11.6 Å². The van der Waals surface area contributed by atoms with Crippen LogP contribution in [-0.2, 0) is 40.0 Å². The summed E-state index contributed by atoms with van der Waals surface area (Å²) < 4.78 is 56.7. The Kier molecular flexibility index (Phi) is 16.3. The molecule has 5 N–H and O–H groups in total. The molecule has 2 saturated heterocycles. The molecule has 1 unspecified atom stereocenters. The molecular weight excluding hydrogens is 914 g/mol. The van der Waals surface area contributed by atoms with Gasteiger partial charge >= 0.3 is 6.18 Å². The van der Waals surface area contributed by atoms with Crippen molar-refractivity contribution in [3.05, 3.63) is 40.4 Å². The number of rotatable bonds is 11. The second-order valence-electron chi connectivity index (χ2n) is 20.4. The van der Waals surface area contributed by atoms with E-state index in [0.29, 0.717) is 60.4 Å². The predicted octanol–water partition coefficient (Wildman–Crippen LogP) is 4.37. The third kappa shape index (κ3) is 12.0. The van der Waals surface area contributed by atoms with Gasteiger partial charge in [0.15, 0.2) is 0 Å². The average molecular weight is 981 g/mol. The van der Waals surface area contributed by atoms with Gasteiger partial charge in [-0.25, -0.2) is 4.39 Å². The van der Waals surface area contributed by atoms with Crippen molar-refractivity contribution in [1.82, 2.24) is 36.0 Å². The summed E-state index contributed by atoms with van der Waals surface area (Å²) >= 11 is 6.52. The Labute approximate surface area is 399 Å². The molecule has 15 nitrogen and oxygen atoms in total. The molecule has 2 saturated carbocycles. The van der Waals surface area contributed by atoms with Crippen LogP contribution in [-0.4, -0.2) is 143 Å². The zero-order valence-corrected chi connectivity index (χ0v) is 40.4. The third-order valence-electron chi connectivity index (χ3n) is 14.1. The van der Waals surface area contributed by atoms with E-state index in [-0.39, 0.29) is 31.7 Å². The maximum absolute atomic E-state index is 14.8. The first-order valence-electron chi connectivity index (χ1n) is 23.8. The Balaban J connectivity index is 1.28. The number of likely N-dealkylation sites (tertiary alicyclic amines) is 1. The fourth-order valence-corrected chi connectivity index (χ4v) is 9.82. The molecule has 0 aromatic heterocycles. The number of aliphatic hydroxyl groups excluding tert-OH is 1. The van der Waals surface area contributed by atoms with Gasteiger partial charge in [-0.2, -0.15) is 13.2 Å². The van der Waals surface area contributed by atoms with Crippen molar-refractivity contribution in [1.29, 1.82) is 0 Å². The van der Waals surface area contributed by atoms with Gasteiger partial charge in [0.05, 0.1) is 12.6 Å². The summed E-state index contributed by atoms with van der Waals surface area (Å²) in [7, 11) is 2.81. The topological polar surface area (TPSA) is 198 Å². The van der Waals surface area contributed by atoms with E-state index < -0.39 is 133 Å². The van der Waals surface area contributed by atoms with Gasteiger partial charge in [0.25, 0.3) is 0 Å². The van der Waals surface area contributed by atoms with Crippen molar-refractivity contribution in [3.8, 4) is 0 Å². The first-order valence-corrected chi connectivity index (χ1v) is 24.1. The van der Waals surface area contributed by atoms with Crippen LogP contribution in [0.1, 0.15) is 116 Å². The lowest BCUT2D eigenvalue weighted by Gasteiger charge is -2.36. The molecule has 2 aliphatic heterocycles. The molecule has 0 spiro atoms. The van der Waals surface area contributed by atoms with Gasteiger partial charge in [-0.15, -0.1) is 0 Å². The molecule has 68 heavy (non-hydrogen) atoms. The number of benzene rings is 1. The van der Waals surface area contributed by atoms with Gasteiger partial charge in [-0.05, 0) is 125 Å². The minimum absolute atomic E-state index is 0.0417. The standard InChI is InChI=1S/C48H66ClF4N7O8/c1-26(2)21-34-42(65)59(6)36(23-29-22-30(49)14-17-33(29)27-12-15-32(61)16-13-27)41(64)57-46(3,4)44(67)54-20-8-7-9-35(39(62)55-34)58(5)43(66)38(28-10-11-28)56-40(63)37-24-31(50)25-60(37)45(68)47(18-19-47)48(51,52)53/h12,14,17,22,26,28,31-32,34-38,61H,7-11,13,15-16,18-21,23-25H2,1-6H3,(H,54,67)(H,55,62)(H,56,63)(H,57,64)/t31-,32?,34+,35+,36+,37+,38+/m1/s1. The highest BCUT2D eigenvalue weighted by atomic mass is 35.5. The number of amides is 7.